The van der Waals surface area contributed by atoms with Crippen molar-refractivity contribution in [3.05, 3.63) is 0 Å². The Morgan fingerprint density at radius 2 is 2.00 bits per heavy atom. The summed E-state index contributed by atoms with van der Waals surface area (Å²) in [6.45, 7) is 6.22. The largest absolute Gasteiger partial charge is 0.325 e. The zero-order valence-electron chi connectivity index (χ0n) is 9.98. The minimum absolute atomic E-state index is 0.293. The zero-order chi connectivity index (χ0) is 11.1. The molecule has 0 aromatic carbocycles. The summed E-state index contributed by atoms with van der Waals surface area (Å²) in [6, 6.07) is 1.19. The summed E-state index contributed by atoms with van der Waals surface area (Å²) < 4.78 is 0. The SMILES string of the molecule is CC1CC2CNCC2N1C(=O)N1CCCC1. The lowest BCUT2D eigenvalue weighted by Crippen LogP contribution is -2.49. The van der Waals surface area contributed by atoms with Gasteiger partial charge in [0, 0.05) is 32.2 Å². The van der Waals surface area contributed by atoms with Crippen molar-refractivity contribution in [1.82, 2.24) is 15.1 Å². The molecule has 3 unspecified atom stereocenters. The van der Waals surface area contributed by atoms with Crippen molar-refractivity contribution in [2.75, 3.05) is 26.2 Å². The molecule has 3 rings (SSSR count). The molecule has 3 atom stereocenters. The Bertz CT molecular complexity index is 288. The molecular formula is C12H21N3O. The van der Waals surface area contributed by atoms with Crippen LogP contribution in [0.1, 0.15) is 26.2 Å². The van der Waals surface area contributed by atoms with Crippen LogP contribution in [0.5, 0.6) is 0 Å². The maximum absolute atomic E-state index is 12.4. The number of likely N-dealkylation sites (tertiary alicyclic amines) is 2. The normalized spacial score (nSPS) is 38.2. The number of hydrogen-bond acceptors (Lipinski definition) is 2. The lowest BCUT2D eigenvalue weighted by Gasteiger charge is -2.31. The molecule has 3 saturated heterocycles. The van der Waals surface area contributed by atoms with Gasteiger partial charge in [0.15, 0.2) is 0 Å². The van der Waals surface area contributed by atoms with E-state index >= 15 is 0 Å². The fourth-order valence-electron chi connectivity index (χ4n) is 3.57. The van der Waals surface area contributed by atoms with Crippen LogP contribution in [-0.2, 0) is 0 Å². The van der Waals surface area contributed by atoms with Gasteiger partial charge < -0.3 is 15.1 Å². The maximum Gasteiger partial charge on any atom is 0.320 e. The standard InChI is InChI=1S/C12H21N3O/c1-9-6-10-7-13-8-11(10)15(9)12(16)14-4-2-3-5-14/h9-11,13H,2-8H2,1H3. The van der Waals surface area contributed by atoms with E-state index in [1.165, 1.54) is 19.3 Å². The number of urea groups is 1. The lowest BCUT2D eigenvalue weighted by atomic mass is 10.0. The average Bonchev–Trinajstić information content (AvgIpc) is 2.89. The number of carbonyl (C=O) groups is 1. The van der Waals surface area contributed by atoms with Gasteiger partial charge in [-0.25, -0.2) is 4.79 Å². The number of amides is 2. The van der Waals surface area contributed by atoms with Crippen LogP contribution < -0.4 is 5.32 Å². The molecule has 3 heterocycles. The Hall–Kier alpha value is -0.770. The third-order valence-electron chi connectivity index (χ3n) is 4.38. The predicted octanol–water partition coefficient (Wildman–Crippen LogP) is 0.884. The molecule has 2 amide bonds. The highest BCUT2D eigenvalue weighted by Gasteiger charge is 2.45. The summed E-state index contributed by atoms with van der Waals surface area (Å²) in [5.74, 6) is 0.696. The van der Waals surface area contributed by atoms with Crippen molar-refractivity contribution in [2.45, 2.75) is 38.3 Å². The van der Waals surface area contributed by atoms with Crippen LogP contribution in [0.25, 0.3) is 0 Å². The second-order valence-electron chi connectivity index (χ2n) is 5.45. The molecule has 0 aromatic rings. The fourth-order valence-corrected chi connectivity index (χ4v) is 3.57. The van der Waals surface area contributed by atoms with Crippen molar-refractivity contribution < 1.29 is 4.79 Å². The average molecular weight is 223 g/mol. The van der Waals surface area contributed by atoms with Crippen molar-refractivity contribution in [3.63, 3.8) is 0 Å². The molecule has 0 aromatic heterocycles. The monoisotopic (exact) mass is 223 g/mol. The molecule has 0 aliphatic carbocycles. The highest BCUT2D eigenvalue weighted by molar-refractivity contribution is 5.76. The van der Waals surface area contributed by atoms with Crippen LogP contribution in [0.4, 0.5) is 4.79 Å². The zero-order valence-corrected chi connectivity index (χ0v) is 9.98. The van der Waals surface area contributed by atoms with Crippen molar-refractivity contribution in [3.8, 4) is 0 Å². The molecule has 0 bridgehead atoms. The first-order chi connectivity index (χ1) is 7.77. The smallest absolute Gasteiger partial charge is 0.320 e. The van der Waals surface area contributed by atoms with Gasteiger partial charge in [0.05, 0.1) is 6.04 Å². The van der Waals surface area contributed by atoms with Crippen LogP contribution in [0.2, 0.25) is 0 Å². The van der Waals surface area contributed by atoms with Gasteiger partial charge in [0.2, 0.25) is 0 Å². The first-order valence-corrected chi connectivity index (χ1v) is 6.55. The summed E-state index contributed by atoms with van der Waals surface area (Å²) in [5, 5.41) is 3.41. The van der Waals surface area contributed by atoms with Crippen molar-refractivity contribution in [1.29, 1.82) is 0 Å². The first-order valence-electron chi connectivity index (χ1n) is 6.55. The molecule has 90 valence electrons. The molecule has 3 fully saturated rings. The van der Waals surface area contributed by atoms with E-state index in [1.54, 1.807) is 0 Å². The Balaban J connectivity index is 1.74. The molecule has 0 spiro atoms. The van der Waals surface area contributed by atoms with E-state index in [0.717, 1.165) is 26.2 Å². The molecule has 0 saturated carbocycles. The van der Waals surface area contributed by atoms with Gasteiger partial charge >= 0.3 is 6.03 Å². The Morgan fingerprint density at radius 1 is 1.25 bits per heavy atom. The minimum Gasteiger partial charge on any atom is -0.325 e. The van der Waals surface area contributed by atoms with Crippen LogP contribution in [-0.4, -0.2) is 54.1 Å². The lowest BCUT2D eigenvalue weighted by molar-refractivity contribution is 0.143. The van der Waals surface area contributed by atoms with Crippen LogP contribution in [0, 0.1) is 5.92 Å². The molecule has 4 nitrogen and oxygen atoms in total. The number of carbonyl (C=O) groups excluding carboxylic acids is 1. The van der Waals surface area contributed by atoms with E-state index in [-0.39, 0.29) is 0 Å². The molecule has 1 N–H and O–H groups in total. The number of fused-ring (bicyclic) bond motifs is 1. The van der Waals surface area contributed by atoms with Crippen LogP contribution in [0.15, 0.2) is 0 Å². The molecule has 3 aliphatic heterocycles. The summed E-state index contributed by atoms with van der Waals surface area (Å²) in [6.07, 6.45) is 3.54. The summed E-state index contributed by atoms with van der Waals surface area (Å²) in [7, 11) is 0. The Morgan fingerprint density at radius 3 is 2.75 bits per heavy atom. The van der Waals surface area contributed by atoms with Crippen molar-refractivity contribution >= 4 is 6.03 Å². The van der Waals surface area contributed by atoms with Gasteiger partial charge in [-0.15, -0.1) is 0 Å². The maximum atomic E-state index is 12.4. The molecule has 3 aliphatic rings. The van der Waals surface area contributed by atoms with E-state index in [9.17, 15) is 4.79 Å². The van der Waals surface area contributed by atoms with Gasteiger partial charge in [0.1, 0.15) is 0 Å². The van der Waals surface area contributed by atoms with E-state index in [4.69, 9.17) is 0 Å². The summed E-state index contributed by atoms with van der Waals surface area (Å²) in [4.78, 5) is 16.6. The van der Waals surface area contributed by atoms with E-state index in [2.05, 4.69) is 17.1 Å². The van der Waals surface area contributed by atoms with Gasteiger partial charge in [-0.2, -0.15) is 0 Å². The predicted molar refractivity (Wildman–Crippen MR) is 62.3 cm³/mol. The van der Waals surface area contributed by atoms with E-state index in [1.807, 2.05) is 4.90 Å². The van der Waals surface area contributed by atoms with Crippen LogP contribution in [0.3, 0.4) is 0 Å². The van der Waals surface area contributed by atoms with Gasteiger partial charge in [-0.1, -0.05) is 0 Å². The first kappa shape index (κ1) is 10.4. The van der Waals surface area contributed by atoms with Crippen LogP contribution >= 0.6 is 0 Å². The van der Waals surface area contributed by atoms with E-state index in [0.29, 0.717) is 24.0 Å². The molecule has 0 radical (unpaired) electrons. The highest BCUT2D eigenvalue weighted by atomic mass is 16.2. The van der Waals surface area contributed by atoms with Crippen molar-refractivity contribution in [2.24, 2.45) is 5.92 Å². The molecule has 4 heteroatoms. The fraction of sp³-hybridized carbons (Fsp3) is 0.917. The van der Waals surface area contributed by atoms with Gasteiger partial charge in [-0.3, -0.25) is 0 Å². The second kappa shape index (κ2) is 3.91. The molecule has 16 heavy (non-hydrogen) atoms. The highest BCUT2D eigenvalue weighted by Crippen LogP contribution is 2.33. The number of hydrogen-bond donors (Lipinski definition) is 1. The Labute approximate surface area is 97.0 Å². The quantitative estimate of drug-likeness (QED) is 0.662. The van der Waals surface area contributed by atoms with E-state index < -0.39 is 0 Å². The number of rotatable bonds is 0. The Kier molecular flexibility index (Phi) is 2.54. The topological polar surface area (TPSA) is 35.6 Å². The third kappa shape index (κ3) is 1.51. The minimum atomic E-state index is 0.293. The summed E-state index contributed by atoms with van der Waals surface area (Å²) >= 11 is 0. The van der Waals surface area contributed by atoms with Gasteiger partial charge in [-0.05, 0) is 32.1 Å². The summed E-state index contributed by atoms with van der Waals surface area (Å²) in [5.41, 5.74) is 0. The van der Waals surface area contributed by atoms with Gasteiger partial charge in [0.25, 0.3) is 0 Å². The molecular weight excluding hydrogens is 202 g/mol. The number of nitrogens with one attached hydrogen (secondary N) is 1. The third-order valence-corrected chi connectivity index (χ3v) is 4.38. The number of nitrogens with zero attached hydrogens (tertiary/aromatic N) is 2. The second-order valence-corrected chi connectivity index (χ2v) is 5.45.